The van der Waals surface area contributed by atoms with Gasteiger partial charge in [-0.2, -0.15) is 5.10 Å². The average Bonchev–Trinajstić information content (AvgIpc) is 2.72. The van der Waals surface area contributed by atoms with Gasteiger partial charge in [-0.3, -0.25) is 4.68 Å². The summed E-state index contributed by atoms with van der Waals surface area (Å²) in [5.41, 5.74) is 1.14. The molecule has 1 N–H and O–H groups in total. The quantitative estimate of drug-likeness (QED) is 0.769. The van der Waals surface area contributed by atoms with Gasteiger partial charge in [0.2, 0.25) is 0 Å². The molecular formula is C13H25N3. The summed E-state index contributed by atoms with van der Waals surface area (Å²) < 4.78 is 2.01. The maximum absolute atomic E-state index is 4.52. The maximum Gasteiger partial charge on any atom is 0.0762 e. The van der Waals surface area contributed by atoms with Crippen LogP contribution in [0, 0.1) is 0 Å². The number of rotatable bonds is 7. The molecule has 1 aromatic heterocycles. The fraction of sp³-hybridized carbons (Fsp3) is 0.769. The van der Waals surface area contributed by atoms with Gasteiger partial charge in [-0.1, -0.05) is 19.8 Å². The molecule has 0 radical (unpaired) electrons. The Morgan fingerprint density at radius 1 is 1.38 bits per heavy atom. The Hall–Kier alpha value is -0.830. The van der Waals surface area contributed by atoms with Crippen molar-refractivity contribution >= 4 is 0 Å². The fourth-order valence-electron chi connectivity index (χ4n) is 1.65. The molecule has 0 aliphatic rings. The second-order valence-corrected chi connectivity index (χ2v) is 4.81. The minimum Gasteiger partial charge on any atom is -0.309 e. The highest BCUT2D eigenvalue weighted by Gasteiger charge is 2.04. The molecule has 0 aliphatic carbocycles. The topological polar surface area (TPSA) is 29.9 Å². The summed E-state index contributed by atoms with van der Waals surface area (Å²) in [6.07, 6.45) is 5.88. The van der Waals surface area contributed by atoms with E-state index in [0.29, 0.717) is 12.1 Å². The predicted molar refractivity (Wildman–Crippen MR) is 68.4 cm³/mol. The number of hydrogen-bond donors (Lipinski definition) is 1. The van der Waals surface area contributed by atoms with E-state index in [1.54, 1.807) is 0 Å². The molecule has 1 aromatic rings. The summed E-state index contributed by atoms with van der Waals surface area (Å²) in [5.74, 6) is 0. The second kappa shape index (κ2) is 6.69. The lowest BCUT2D eigenvalue weighted by Crippen LogP contribution is -2.25. The van der Waals surface area contributed by atoms with E-state index < -0.39 is 0 Å². The summed E-state index contributed by atoms with van der Waals surface area (Å²) in [6, 6.07) is 3.13. The van der Waals surface area contributed by atoms with Gasteiger partial charge < -0.3 is 5.32 Å². The van der Waals surface area contributed by atoms with Crippen molar-refractivity contribution in [3.63, 3.8) is 0 Å². The van der Waals surface area contributed by atoms with Gasteiger partial charge in [-0.15, -0.1) is 0 Å². The predicted octanol–water partition coefficient (Wildman–Crippen LogP) is 3.13. The lowest BCUT2D eigenvalue weighted by molar-refractivity contribution is 0.480. The van der Waals surface area contributed by atoms with E-state index >= 15 is 0 Å². The van der Waals surface area contributed by atoms with E-state index in [0.717, 1.165) is 12.2 Å². The van der Waals surface area contributed by atoms with Gasteiger partial charge in [0, 0.05) is 24.8 Å². The van der Waals surface area contributed by atoms with Crippen LogP contribution < -0.4 is 5.32 Å². The summed E-state index contributed by atoms with van der Waals surface area (Å²) >= 11 is 0. The lowest BCUT2D eigenvalue weighted by atomic mass is 10.1. The lowest BCUT2D eigenvalue weighted by Gasteiger charge is -2.11. The molecule has 0 amide bonds. The Morgan fingerprint density at radius 3 is 2.69 bits per heavy atom. The van der Waals surface area contributed by atoms with Gasteiger partial charge in [-0.25, -0.2) is 0 Å². The average molecular weight is 223 g/mol. The van der Waals surface area contributed by atoms with E-state index in [9.17, 15) is 0 Å². The van der Waals surface area contributed by atoms with Crippen molar-refractivity contribution in [3.8, 4) is 0 Å². The minimum atomic E-state index is 0.450. The Balaban J connectivity index is 2.31. The van der Waals surface area contributed by atoms with Crippen molar-refractivity contribution in [2.24, 2.45) is 0 Å². The Kier molecular flexibility index (Phi) is 5.53. The van der Waals surface area contributed by atoms with Crippen LogP contribution in [0.4, 0.5) is 0 Å². The summed E-state index contributed by atoms with van der Waals surface area (Å²) in [5, 5.41) is 8.03. The zero-order chi connectivity index (χ0) is 12.0. The molecule has 0 spiro atoms. The number of aromatic nitrogens is 2. The van der Waals surface area contributed by atoms with E-state index in [1.807, 2.05) is 4.68 Å². The molecule has 0 aromatic carbocycles. The van der Waals surface area contributed by atoms with Crippen molar-refractivity contribution in [1.29, 1.82) is 0 Å². The molecule has 1 unspecified atom stereocenters. The highest BCUT2D eigenvalue weighted by molar-refractivity contribution is 4.99. The fourth-order valence-corrected chi connectivity index (χ4v) is 1.65. The molecule has 0 aliphatic heterocycles. The van der Waals surface area contributed by atoms with Crippen molar-refractivity contribution in [2.45, 2.75) is 65.6 Å². The summed E-state index contributed by atoms with van der Waals surface area (Å²) in [6.45, 7) is 9.65. The monoisotopic (exact) mass is 223 g/mol. The van der Waals surface area contributed by atoms with Crippen LogP contribution in [-0.2, 0) is 6.54 Å². The molecular weight excluding hydrogens is 198 g/mol. The van der Waals surface area contributed by atoms with Crippen molar-refractivity contribution < 1.29 is 0 Å². The molecule has 3 nitrogen and oxygen atoms in total. The largest absolute Gasteiger partial charge is 0.309 e. The number of hydrogen-bond acceptors (Lipinski definition) is 2. The third-order valence-corrected chi connectivity index (χ3v) is 2.81. The maximum atomic E-state index is 4.52. The number of nitrogens with one attached hydrogen (secondary N) is 1. The molecule has 92 valence electrons. The molecule has 1 rings (SSSR count). The first-order valence-electron chi connectivity index (χ1n) is 6.41. The minimum absolute atomic E-state index is 0.450. The van der Waals surface area contributed by atoms with Gasteiger partial charge in [0.05, 0.1) is 5.69 Å². The van der Waals surface area contributed by atoms with Crippen LogP contribution in [0.15, 0.2) is 12.3 Å². The van der Waals surface area contributed by atoms with E-state index in [2.05, 4.69) is 50.4 Å². The number of nitrogens with zero attached hydrogens (tertiary/aromatic N) is 2. The normalized spacial score (nSPS) is 13.3. The highest BCUT2D eigenvalue weighted by atomic mass is 15.3. The van der Waals surface area contributed by atoms with Crippen molar-refractivity contribution in [2.75, 3.05) is 0 Å². The molecule has 0 saturated heterocycles. The van der Waals surface area contributed by atoms with Gasteiger partial charge in [-0.05, 0) is 33.3 Å². The van der Waals surface area contributed by atoms with Crippen molar-refractivity contribution in [3.05, 3.63) is 18.0 Å². The first-order valence-corrected chi connectivity index (χ1v) is 6.41. The van der Waals surface area contributed by atoms with Crippen LogP contribution in [0.1, 0.15) is 58.7 Å². The third kappa shape index (κ3) is 4.35. The van der Waals surface area contributed by atoms with Crippen LogP contribution in [0.5, 0.6) is 0 Å². The van der Waals surface area contributed by atoms with Gasteiger partial charge in [0.25, 0.3) is 0 Å². The molecule has 1 atom stereocenters. The van der Waals surface area contributed by atoms with Crippen LogP contribution >= 0.6 is 0 Å². The van der Waals surface area contributed by atoms with Crippen LogP contribution in [-0.4, -0.2) is 15.8 Å². The highest BCUT2D eigenvalue weighted by Crippen LogP contribution is 2.05. The molecule has 0 bridgehead atoms. The third-order valence-electron chi connectivity index (χ3n) is 2.81. The van der Waals surface area contributed by atoms with Gasteiger partial charge >= 0.3 is 0 Å². The zero-order valence-corrected chi connectivity index (χ0v) is 11.0. The van der Waals surface area contributed by atoms with Crippen molar-refractivity contribution in [1.82, 2.24) is 15.1 Å². The smallest absolute Gasteiger partial charge is 0.0762 e. The second-order valence-electron chi connectivity index (χ2n) is 4.81. The van der Waals surface area contributed by atoms with Crippen LogP contribution in [0.3, 0.4) is 0 Å². The molecule has 3 heteroatoms. The summed E-state index contributed by atoms with van der Waals surface area (Å²) in [4.78, 5) is 0. The summed E-state index contributed by atoms with van der Waals surface area (Å²) in [7, 11) is 0. The van der Waals surface area contributed by atoms with E-state index in [4.69, 9.17) is 0 Å². The zero-order valence-electron chi connectivity index (χ0n) is 11.0. The Labute approximate surface area is 99.2 Å². The van der Waals surface area contributed by atoms with Gasteiger partial charge in [0.1, 0.15) is 0 Å². The van der Waals surface area contributed by atoms with E-state index in [1.165, 1.54) is 19.3 Å². The van der Waals surface area contributed by atoms with Crippen LogP contribution in [0.2, 0.25) is 0 Å². The Morgan fingerprint density at radius 2 is 2.12 bits per heavy atom. The molecule has 1 heterocycles. The van der Waals surface area contributed by atoms with Gasteiger partial charge in [0.15, 0.2) is 0 Å². The number of unbranched alkanes of at least 4 members (excludes halogenated alkanes) is 1. The van der Waals surface area contributed by atoms with E-state index in [-0.39, 0.29) is 0 Å². The SMILES string of the molecule is CCCCC(C)NCc1ccn(C(C)C)n1. The first-order chi connectivity index (χ1) is 7.63. The molecule has 0 saturated carbocycles. The Bertz CT molecular complexity index is 291. The first kappa shape index (κ1) is 13.2. The molecule has 16 heavy (non-hydrogen) atoms. The standard InChI is InChI=1S/C13H25N3/c1-5-6-7-12(4)14-10-13-8-9-16(15-13)11(2)3/h8-9,11-12,14H,5-7,10H2,1-4H3. The van der Waals surface area contributed by atoms with Crippen LogP contribution in [0.25, 0.3) is 0 Å². The molecule has 0 fully saturated rings.